The third-order valence-corrected chi connectivity index (χ3v) is 4.10. The van der Waals surface area contributed by atoms with Crippen molar-refractivity contribution < 1.29 is 9.59 Å². The maximum atomic E-state index is 12.4. The number of carbonyl (C=O) groups excluding carboxylic acids is 2. The second-order valence-corrected chi connectivity index (χ2v) is 5.30. The van der Waals surface area contributed by atoms with Crippen molar-refractivity contribution in [1.29, 1.82) is 0 Å². The second kappa shape index (κ2) is 6.13. The fourth-order valence-electron chi connectivity index (χ4n) is 2.18. The van der Waals surface area contributed by atoms with Gasteiger partial charge in [-0.05, 0) is 38.3 Å². The lowest BCUT2D eigenvalue weighted by molar-refractivity contribution is -0.126. The van der Waals surface area contributed by atoms with Crippen LogP contribution in [0.1, 0.15) is 24.2 Å². The number of H-pyrrole nitrogens is 1. The third kappa shape index (κ3) is 2.58. The summed E-state index contributed by atoms with van der Waals surface area (Å²) < 4.78 is 0. The molecule has 0 spiro atoms. The van der Waals surface area contributed by atoms with Crippen molar-refractivity contribution in [2.45, 2.75) is 18.7 Å². The summed E-state index contributed by atoms with van der Waals surface area (Å²) in [5.41, 5.74) is 1.33. The smallest absolute Gasteiger partial charge is 0.295 e. The Labute approximate surface area is 122 Å². The van der Waals surface area contributed by atoms with E-state index in [0.717, 1.165) is 15.8 Å². The van der Waals surface area contributed by atoms with Gasteiger partial charge < -0.3 is 9.88 Å². The van der Waals surface area contributed by atoms with E-state index in [1.165, 1.54) is 0 Å². The number of Topliss-reactive ketones (excluding diaryl/α,β-unsaturated/α-hetero) is 1. The Kier molecular flexibility index (Phi) is 4.49. The molecule has 1 N–H and O–H groups in total. The van der Waals surface area contributed by atoms with Crippen LogP contribution in [0.2, 0.25) is 0 Å². The highest BCUT2D eigenvalue weighted by molar-refractivity contribution is 7.98. The first-order valence-electron chi connectivity index (χ1n) is 6.61. The number of likely N-dealkylation sites (N-methyl/N-ethyl adjacent to an activating group) is 1. The Morgan fingerprint density at radius 2 is 1.95 bits per heavy atom. The van der Waals surface area contributed by atoms with Gasteiger partial charge in [0, 0.05) is 35.1 Å². The monoisotopic (exact) mass is 290 g/mol. The molecule has 0 atom stereocenters. The van der Waals surface area contributed by atoms with E-state index in [1.54, 1.807) is 22.9 Å². The molecule has 5 heteroatoms. The Hall–Kier alpha value is -1.75. The average Bonchev–Trinajstić information content (AvgIpc) is 2.90. The fraction of sp³-hybridized carbons (Fsp3) is 0.333. The molecule has 0 unspecified atom stereocenters. The van der Waals surface area contributed by atoms with E-state index in [9.17, 15) is 9.59 Å². The largest absolute Gasteiger partial charge is 0.360 e. The van der Waals surface area contributed by atoms with Gasteiger partial charge in [0.1, 0.15) is 0 Å². The highest BCUT2D eigenvalue weighted by Crippen LogP contribution is 2.25. The van der Waals surface area contributed by atoms with E-state index in [-0.39, 0.29) is 0 Å². The summed E-state index contributed by atoms with van der Waals surface area (Å²) in [5, 5.41) is 0.808. The molecule has 2 rings (SSSR count). The molecule has 106 valence electrons. The zero-order valence-electron chi connectivity index (χ0n) is 11.9. The number of benzene rings is 1. The molecule has 0 fully saturated rings. The highest BCUT2D eigenvalue weighted by atomic mass is 32.2. The standard InChI is InChI=1S/C15H18N2O2S/c1-4-17(5-2)15(19)14(18)12-9-16-13-7-6-10(20-3)8-11(12)13/h6-9,16H,4-5H2,1-3H3. The molecule has 0 radical (unpaired) electrons. The molecule has 20 heavy (non-hydrogen) atoms. The van der Waals surface area contributed by atoms with E-state index >= 15 is 0 Å². The molecule has 1 heterocycles. The van der Waals surface area contributed by atoms with Gasteiger partial charge in [0.05, 0.1) is 5.56 Å². The third-order valence-electron chi connectivity index (χ3n) is 3.38. The molecule has 1 aromatic heterocycles. The van der Waals surface area contributed by atoms with E-state index in [0.29, 0.717) is 18.7 Å². The van der Waals surface area contributed by atoms with Crippen LogP contribution >= 0.6 is 11.8 Å². The van der Waals surface area contributed by atoms with Gasteiger partial charge in [-0.2, -0.15) is 0 Å². The van der Waals surface area contributed by atoms with Gasteiger partial charge in [0.15, 0.2) is 0 Å². The lowest BCUT2D eigenvalue weighted by Gasteiger charge is -2.17. The number of amides is 1. The second-order valence-electron chi connectivity index (χ2n) is 4.42. The average molecular weight is 290 g/mol. The molecule has 1 amide bonds. The number of aromatic amines is 1. The number of rotatable bonds is 5. The van der Waals surface area contributed by atoms with Gasteiger partial charge in [0.25, 0.3) is 11.7 Å². The molecule has 2 aromatic rings. The van der Waals surface area contributed by atoms with Gasteiger partial charge in [-0.1, -0.05) is 0 Å². The lowest BCUT2D eigenvalue weighted by Crippen LogP contribution is -2.36. The number of carbonyl (C=O) groups is 2. The minimum Gasteiger partial charge on any atom is -0.360 e. The van der Waals surface area contributed by atoms with Crippen LogP contribution in [-0.2, 0) is 4.79 Å². The Morgan fingerprint density at radius 1 is 1.25 bits per heavy atom. The molecule has 0 saturated carbocycles. The number of thioether (sulfide) groups is 1. The van der Waals surface area contributed by atoms with Gasteiger partial charge >= 0.3 is 0 Å². The molecule has 0 aliphatic rings. The topological polar surface area (TPSA) is 53.2 Å². The Bertz CT molecular complexity index is 644. The van der Waals surface area contributed by atoms with E-state index in [4.69, 9.17) is 0 Å². The molecule has 0 bridgehead atoms. The highest BCUT2D eigenvalue weighted by Gasteiger charge is 2.23. The van der Waals surface area contributed by atoms with Crippen molar-refractivity contribution >= 4 is 34.4 Å². The first kappa shape index (κ1) is 14.7. The van der Waals surface area contributed by atoms with Gasteiger partial charge in [-0.15, -0.1) is 11.8 Å². The van der Waals surface area contributed by atoms with Crippen molar-refractivity contribution in [3.63, 3.8) is 0 Å². The fourth-order valence-corrected chi connectivity index (χ4v) is 2.62. The lowest BCUT2D eigenvalue weighted by atomic mass is 10.1. The van der Waals surface area contributed by atoms with E-state index in [2.05, 4.69) is 4.98 Å². The summed E-state index contributed by atoms with van der Waals surface area (Å²) in [6, 6.07) is 5.86. The van der Waals surface area contributed by atoms with Crippen LogP contribution in [0.15, 0.2) is 29.3 Å². The Morgan fingerprint density at radius 3 is 2.55 bits per heavy atom. The summed E-state index contributed by atoms with van der Waals surface area (Å²) in [5.74, 6) is -0.886. The van der Waals surface area contributed by atoms with E-state index < -0.39 is 11.7 Å². The van der Waals surface area contributed by atoms with Gasteiger partial charge in [-0.25, -0.2) is 0 Å². The van der Waals surface area contributed by atoms with Crippen LogP contribution in [0.5, 0.6) is 0 Å². The number of fused-ring (bicyclic) bond motifs is 1. The van der Waals surface area contributed by atoms with Crippen LogP contribution in [0, 0.1) is 0 Å². The van der Waals surface area contributed by atoms with E-state index in [1.807, 2.05) is 38.3 Å². The molecule has 0 aliphatic carbocycles. The maximum Gasteiger partial charge on any atom is 0.295 e. The van der Waals surface area contributed by atoms with Gasteiger partial charge in [0.2, 0.25) is 0 Å². The van der Waals surface area contributed by atoms with Crippen molar-refractivity contribution in [3.8, 4) is 0 Å². The number of aromatic nitrogens is 1. The number of nitrogens with one attached hydrogen (secondary N) is 1. The van der Waals surface area contributed by atoms with Crippen LogP contribution in [0.3, 0.4) is 0 Å². The summed E-state index contributed by atoms with van der Waals surface area (Å²) in [7, 11) is 0. The summed E-state index contributed by atoms with van der Waals surface area (Å²) >= 11 is 1.61. The molecule has 0 saturated heterocycles. The van der Waals surface area contributed by atoms with Gasteiger partial charge in [-0.3, -0.25) is 9.59 Å². The SMILES string of the molecule is CCN(CC)C(=O)C(=O)c1c[nH]c2ccc(SC)cc12. The van der Waals surface area contributed by atoms with Crippen LogP contribution < -0.4 is 0 Å². The number of hydrogen-bond donors (Lipinski definition) is 1. The first-order chi connectivity index (χ1) is 9.62. The predicted octanol–water partition coefficient (Wildman–Crippen LogP) is 2.94. The van der Waals surface area contributed by atoms with Crippen molar-refractivity contribution in [3.05, 3.63) is 30.0 Å². The molecular formula is C15H18N2O2S. The van der Waals surface area contributed by atoms with Crippen molar-refractivity contribution in [2.75, 3.05) is 19.3 Å². The van der Waals surface area contributed by atoms with Crippen molar-refractivity contribution in [1.82, 2.24) is 9.88 Å². The van der Waals surface area contributed by atoms with Crippen molar-refractivity contribution in [2.24, 2.45) is 0 Å². The maximum absolute atomic E-state index is 12.4. The molecule has 0 aliphatic heterocycles. The zero-order chi connectivity index (χ0) is 14.7. The minimum atomic E-state index is -0.446. The summed E-state index contributed by atoms with van der Waals surface area (Å²) in [6.45, 7) is 4.82. The number of ketones is 1. The summed E-state index contributed by atoms with van der Waals surface area (Å²) in [6.07, 6.45) is 3.61. The summed E-state index contributed by atoms with van der Waals surface area (Å²) in [4.78, 5) is 30.2. The van der Waals surface area contributed by atoms with Crippen LogP contribution in [0.25, 0.3) is 10.9 Å². The number of nitrogens with zero attached hydrogens (tertiary/aromatic N) is 1. The molecule has 4 nitrogen and oxygen atoms in total. The quantitative estimate of drug-likeness (QED) is 0.523. The number of hydrogen-bond acceptors (Lipinski definition) is 3. The molecular weight excluding hydrogens is 272 g/mol. The van der Waals surface area contributed by atoms with Crippen LogP contribution in [-0.4, -0.2) is 40.9 Å². The zero-order valence-corrected chi connectivity index (χ0v) is 12.7. The first-order valence-corrected chi connectivity index (χ1v) is 7.83. The Balaban J connectivity index is 2.42. The molecule has 1 aromatic carbocycles. The normalized spacial score (nSPS) is 10.8. The minimum absolute atomic E-state index is 0.439. The predicted molar refractivity (Wildman–Crippen MR) is 82.3 cm³/mol. The van der Waals surface area contributed by atoms with Crippen LogP contribution in [0.4, 0.5) is 0 Å².